The third kappa shape index (κ3) is 2.24. The molecule has 2 aromatic rings. The Balaban J connectivity index is 1.84. The van der Waals surface area contributed by atoms with E-state index >= 15 is 0 Å². The van der Waals surface area contributed by atoms with Crippen molar-refractivity contribution in [3.8, 4) is 5.75 Å². The Kier molecular flexibility index (Phi) is 3.26. The molecular formula is C16H21NO. The maximum absolute atomic E-state index is 5.55. The van der Waals surface area contributed by atoms with Crippen molar-refractivity contribution in [1.29, 1.82) is 0 Å². The van der Waals surface area contributed by atoms with Crippen LogP contribution in [0.1, 0.15) is 32.6 Å². The second-order valence-electron chi connectivity index (χ2n) is 5.27. The largest absolute Gasteiger partial charge is 0.494 e. The van der Waals surface area contributed by atoms with Crippen molar-refractivity contribution in [3.05, 3.63) is 30.5 Å². The van der Waals surface area contributed by atoms with Crippen LogP contribution in [0.2, 0.25) is 0 Å². The fraction of sp³-hybridized carbons (Fsp3) is 0.500. The average molecular weight is 243 g/mol. The van der Waals surface area contributed by atoms with E-state index in [1.54, 1.807) is 0 Å². The molecule has 0 aliphatic heterocycles. The summed E-state index contributed by atoms with van der Waals surface area (Å²) in [6, 6.07) is 8.61. The van der Waals surface area contributed by atoms with Gasteiger partial charge in [0.25, 0.3) is 0 Å². The van der Waals surface area contributed by atoms with Gasteiger partial charge in [0.05, 0.1) is 6.61 Å². The summed E-state index contributed by atoms with van der Waals surface area (Å²) in [5.41, 5.74) is 1.34. The Hall–Kier alpha value is -1.44. The summed E-state index contributed by atoms with van der Waals surface area (Å²) in [7, 11) is 0. The molecule has 1 fully saturated rings. The molecule has 2 nitrogen and oxygen atoms in total. The van der Waals surface area contributed by atoms with Crippen molar-refractivity contribution in [3.63, 3.8) is 0 Å². The fourth-order valence-corrected chi connectivity index (χ4v) is 3.06. The van der Waals surface area contributed by atoms with Gasteiger partial charge in [0.1, 0.15) is 5.75 Å². The lowest BCUT2D eigenvalue weighted by Crippen LogP contribution is -2.05. The maximum atomic E-state index is 5.55. The quantitative estimate of drug-likeness (QED) is 0.783. The Morgan fingerprint density at radius 2 is 2.06 bits per heavy atom. The van der Waals surface area contributed by atoms with Gasteiger partial charge in [-0.3, -0.25) is 0 Å². The smallest absolute Gasteiger partial charge is 0.120 e. The summed E-state index contributed by atoms with van der Waals surface area (Å²) < 4.78 is 7.95. The van der Waals surface area contributed by atoms with Gasteiger partial charge in [-0.1, -0.05) is 12.8 Å². The first-order valence-electron chi connectivity index (χ1n) is 7.08. The molecule has 1 aliphatic carbocycles. The van der Waals surface area contributed by atoms with Crippen molar-refractivity contribution in [2.75, 3.05) is 6.61 Å². The lowest BCUT2D eigenvalue weighted by molar-refractivity contribution is 0.340. The van der Waals surface area contributed by atoms with E-state index in [0.717, 1.165) is 18.3 Å². The highest BCUT2D eigenvalue weighted by atomic mass is 16.5. The van der Waals surface area contributed by atoms with Crippen molar-refractivity contribution in [2.45, 2.75) is 39.2 Å². The van der Waals surface area contributed by atoms with Crippen molar-refractivity contribution < 1.29 is 4.74 Å². The van der Waals surface area contributed by atoms with Gasteiger partial charge in [-0.25, -0.2) is 0 Å². The lowest BCUT2D eigenvalue weighted by Gasteiger charge is -2.11. The highest BCUT2D eigenvalue weighted by Gasteiger charge is 2.16. The third-order valence-electron chi connectivity index (χ3n) is 3.98. The zero-order valence-corrected chi connectivity index (χ0v) is 11.1. The lowest BCUT2D eigenvalue weighted by atomic mass is 10.1. The molecule has 0 unspecified atom stereocenters. The molecule has 2 heteroatoms. The number of hydrogen-bond acceptors (Lipinski definition) is 1. The van der Waals surface area contributed by atoms with E-state index in [1.807, 2.05) is 6.92 Å². The SMILES string of the molecule is CCOc1ccc2c(ccn2CC2CCCC2)c1. The normalized spacial score (nSPS) is 16.5. The van der Waals surface area contributed by atoms with Gasteiger partial charge in [-0.2, -0.15) is 0 Å². The Morgan fingerprint density at radius 3 is 2.83 bits per heavy atom. The molecule has 0 N–H and O–H groups in total. The van der Waals surface area contributed by atoms with Crippen molar-refractivity contribution in [1.82, 2.24) is 4.57 Å². The molecule has 96 valence electrons. The molecule has 3 rings (SSSR count). The molecule has 1 aromatic carbocycles. The van der Waals surface area contributed by atoms with E-state index in [-0.39, 0.29) is 0 Å². The van der Waals surface area contributed by atoms with Gasteiger partial charge in [0.15, 0.2) is 0 Å². The first kappa shape index (κ1) is 11.6. The summed E-state index contributed by atoms with van der Waals surface area (Å²) in [4.78, 5) is 0. The van der Waals surface area contributed by atoms with Crippen LogP contribution in [-0.2, 0) is 6.54 Å². The standard InChI is InChI=1S/C16H21NO/c1-2-18-15-7-8-16-14(11-15)9-10-17(16)12-13-5-3-4-6-13/h7-11,13H,2-6,12H2,1H3. The van der Waals surface area contributed by atoms with E-state index in [9.17, 15) is 0 Å². The monoisotopic (exact) mass is 243 g/mol. The number of hydrogen-bond donors (Lipinski definition) is 0. The van der Waals surface area contributed by atoms with E-state index < -0.39 is 0 Å². The van der Waals surface area contributed by atoms with Crippen LogP contribution in [-0.4, -0.2) is 11.2 Å². The number of aromatic nitrogens is 1. The van der Waals surface area contributed by atoms with E-state index in [0.29, 0.717) is 0 Å². The minimum absolute atomic E-state index is 0.730. The number of ether oxygens (including phenoxy) is 1. The van der Waals surface area contributed by atoms with Crippen LogP contribution in [0.4, 0.5) is 0 Å². The van der Waals surface area contributed by atoms with Crippen LogP contribution >= 0.6 is 0 Å². The number of fused-ring (bicyclic) bond motifs is 1. The number of benzene rings is 1. The molecule has 1 aromatic heterocycles. The number of rotatable bonds is 4. The summed E-state index contributed by atoms with van der Waals surface area (Å²) in [6.45, 7) is 3.93. The van der Waals surface area contributed by atoms with E-state index in [4.69, 9.17) is 4.74 Å². The van der Waals surface area contributed by atoms with Crippen LogP contribution in [0.3, 0.4) is 0 Å². The Labute approximate surface area is 109 Å². The average Bonchev–Trinajstić information content (AvgIpc) is 3.00. The predicted molar refractivity (Wildman–Crippen MR) is 75.1 cm³/mol. The summed E-state index contributed by atoms with van der Waals surface area (Å²) >= 11 is 0. The molecule has 0 spiro atoms. The Morgan fingerprint density at radius 1 is 1.22 bits per heavy atom. The van der Waals surface area contributed by atoms with Gasteiger partial charge in [-0.15, -0.1) is 0 Å². The van der Waals surface area contributed by atoms with Gasteiger partial charge in [-0.05, 0) is 49.9 Å². The Bertz CT molecular complexity index is 523. The zero-order valence-electron chi connectivity index (χ0n) is 11.1. The van der Waals surface area contributed by atoms with Crippen LogP contribution < -0.4 is 4.74 Å². The first-order valence-corrected chi connectivity index (χ1v) is 7.08. The first-order chi connectivity index (χ1) is 8.86. The van der Waals surface area contributed by atoms with Gasteiger partial charge in [0, 0.05) is 23.6 Å². The van der Waals surface area contributed by atoms with Crippen LogP contribution in [0.15, 0.2) is 30.5 Å². The molecule has 0 amide bonds. The van der Waals surface area contributed by atoms with Gasteiger partial charge >= 0.3 is 0 Å². The summed E-state index contributed by atoms with van der Waals surface area (Å²) in [5, 5.41) is 1.29. The molecule has 1 heterocycles. The van der Waals surface area contributed by atoms with E-state index in [1.165, 1.54) is 43.1 Å². The summed E-state index contributed by atoms with van der Waals surface area (Å²) in [6.07, 6.45) is 7.85. The van der Waals surface area contributed by atoms with E-state index in [2.05, 4.69) is 35.0 Å². The second kappa shape index (κ2) is 5.05. The van der Waals surface area contributed by atoms with Crippen LogP contribution in [0, 0.1) is 5.92 Å². The maximum Gasteiger partial charge on any atom is 0.120 e. The topological polar surface area (TPSA) is 14.2 Å². The third-order valence-corrected chi connectivity index (χ3v) is 3.98. The number of nitrogens with zero attached hydrogens (tertiary/aromatic N) is 1. The molecule has 1 saturated carbocycles. The molecule has 0 radical (unpaired) electrons. The van der Waals surface area contributed by atoms with Crippen molar-refractivity contribution >= 4 is 10.9 Å². The highest BCUT2D eigenvalue weighted by molar-refractivity contribution is 5.81. The molecular weight excluding hydrogens is 222 g/mol. The highest BCUT2D eigenvalue weighted by Crippen LogP contribution is 2.29. The summed E-state index contributed by atoms with van der Waals surface area (Å²) in [5.74, 6) is 1.86. The fourth-order valence-electron chi connectivity index (χ4n) is 3.06. The predicted octanol–water partition coefficient (Wildman–Crippen LogP) is 4.23. The molecule has 1 aliphatic rings. The van der Waals surface area contributed by atoms with Crippen LogP contribution in [0.5, 0.6) is 5.75 Å². The van der Waals surface area contributed by atoms with Gasteiger partial charge in [0.2, 0.25) is 0 Å². The second-order valence-corrected chi connectivity index (χ2v) is 5.27. The molecule has 18 heavy (non-hydrogen) atoms. The van der Waals surface area contributed by atoms with Crippen LogP contribution in [0.25, 0.3) is 10.9 Å². The minimum Gasteiger partial charge on any atom is -0.494 e. The molecule has 0 saturated heterocycles. The zero-order chi connectivity index (χ0) is 12.4. The minimum atomic E-state index is 0.730. The van der Waals surface area contributed by atoms with Gasteiger partial charge < -0.3 is 9.30 Å². The molecule has 0 bridgehead atoms. The molecule has 0 atom stereocenters. The van der Waals surface area contributed by atoms with Crippen molar-refractivity contribution in [2.24, 2.45) is 5.92 Å².